The van der Waals surface area contributed by atoms with E-state index in [4.69, 9.17) is 46.3 Å². The molecule has 0 bridgehead atoms. The van der Waals surface area contributed by atoms with E-state index in [1.54, 1.807) is 81.7 Å². The number of ether oxygens (including phenoxy) is 8. The first-order chi connectivity index (χ1) is 57.7. The number of aliphatic carboxylic acids is 1. The van der Waals surface area contributed by atoms with Crippen molar-refractivity contribution in [3.63, 3.8) is 0 Å². The molecule has 123 heavy (non-hydrogen) atoms. The van der Waals surface area contributed by atoms with Gasteiger partial charge in [-0.15, -0.1) is 13.5 Å². The summed E-state index contributed by atoms with van der Waals surface area (Å²) in [6.45, 7) is 30.0. The second kappa shape index (κ2) is 45.1. The van der Waals surface area contributed by atoms with Gasteiger partial charge in [0.25, 0.3) is 17.7 Å². The summed E-state index contributed by atoms with van der Waals surface area (Å²) < 4.78 is 87.9. The molecule has 2 fully saturated rings. The first-order valence-electron chi connectivity index (χ1n) is 41.7. The molecule has 7 N–H and O–H groups in total. The van der Waals surface area contributed by atoms with Gasteiger partial charge in [-0.3, -0.25) is 48.0 Å². The fraction of sp³-hybridized carbons (Fsp3) is 0.644. The standard InChI is InChI=1S/C87H130N10O25S/c1-20-55(6)75(67(113-18)40-71(102)96-36-24-27-63(96)77(114-19)56(7)78(104)89-62(82(108)109)37-57-25-22-21-23-26-57)93(16)81(107)73(53(2)3)90-80(106)74(54(4)5)94(17)83(110)118-43-58-28-31-61(32-29-58)121-123(111,112)122-66-38-59(30-33-65(66)119-72-39-64(99)76(103)68(42-98)120-72)79(105)88-45-84(8,9)48-116-49-85(10,11)46-95-41-60(91-92-95)44-115-51-87(14,15)52-117-50-86(12,13)47-97-69(100)34-35-70(97)101/h21-23,25-26,28-35,38,41,53-56,62-64,67-68,72-77,98-99,103H,20,24,27,36-37,39-40,42-52H2,1-19H3,(H,88,105)(H,89,104)(H,90,106)(H,108,109)/t55?,56?,62?,63-,64+,67?,68?,72?,73-,74-,75-,76+,77?/m0/s1. The Hall–Kier alpha value is -9.24. The number of likely N-dealkylation sites (tertiary alicyclic amines) is 1. The van der Waals surface area contributed by atoms with E-state index in [0.717, 1.165) is 16.5 Å². The normalized spacial score (nSPS) is 19.2. The molecule has 4 heterocycles. The van der Waals surface area contributed by atoms with E-state index in [-0.39, 0.29) is 98.3 Å². The average Bonchev–Trinajstić information content (AvgIpc) is 1.75. The third-order valence-corrected chi connectivity index (χ3v) is 22.7. The zero-order chi connectivity index (χ0) is 91.2. The molecule has 8 amide bonds. The number of aliphatic hydroxyl groups excluding tert-OH is 3. The van der Waals surface area contributed by atoms with Crippen molar-refractivity contribution in [3.8, 4) is 17.2 Å². The Morgan fingerprint density at radius 3 is 1.94 bits per heavy atom. The van der Waals surface area contributed by atoms with Crippen molar-refractivity contribution >= 4 is 63.8 Å². The molecule has 3 aliphatic rings. The van der Waals surface area contributed by atoms with Crippen LogP contribution < -0.4 is 29.1 Å². The molecule has 3 aliphatic heterocycles. The van der Waals surface area contributed by atoms with Crippen LogP contribution in [0.2, 0.25) is 0 Å². The quantitative estimate of drug-likeness (QED) is 0.0227. The van der Waals surface area contributed by atoms with E-state index in [0.29, 0.717) is 70.0 Å². The second-order valence-corrected chi connectivity index (χ2v) is 37.3. The summed E-state index contributed by atoms with van der Waals surface area (Å²) in [5.74, 6) is -7.70. The van der Waals surface area contributed by atoms with Crippen LogP contribution in [0.1, 0.15) is 163 Å². The number of nitrogens with zero attached hydrogens (tertiary/aromatic N) is 7. The number of carboxylic acids is 1. The number of methoxy groups -OCH3 is 2. The van der Waals surface area contributed by atoms with Gasteiger partial charge in [-0.1, -0.05) is 158 Å². The Labute approximate surface area is 722 Å². The van der Waals surface area contributed by atoms with Crippen LogP contribution in [0.5, 0.6) is 17.2 Å². The third-order valence-electron chi connectivity index (χ3n) is 22.0. The molecule has 13 atom stereocenters. The van der Waals surface area contributed by atoms with E-state index in [1.165, 1.54) is 79.6 Å². The number of aliphatic hydroxyl groups is 3. The van der Waals surface area contributed by atoms with E-state index in [9.17, 15) is 72.0 Å². The van der Waals surface area contributed by atoms with Gasteiger partial charge in [0.15, 0.2) is 11.5 Å². The number of hydrogen-bond donors (Lipinski definition) is 7. The Bertz CT molecular complexity index is 4310. The van der Waals surface area contributed by atoms with Crippen LogP contribution in [-0.2, 0) is 103 Å². The van der Waals surface area contributed by atoms with Crippen molar-refractivity contribution in [2.24, 2.45) is 45.3 Å². The lowest BCUT2D eigenvalue weighted by molar-refractivity contribution is -0.230. The summed E-state index contributed by atoms with van der Waals surface area (Å²) in [4.78, 5) is 128. The molecule has 0 aliphatic carbocycles. The fourth-order valence-corrected chi connectivity index (χ4v) is 15.8. The number of carbonyl (C=O) groups is 9. The van der Waals surface area contributed by atoms with E-state index in [1.807, 2.05) is 75.3 Å². The lowest BCUT2D eigenvalue weighted by atomic mass is 9.89. The van der Waals surface area contributed by atoms with Crippen LogP contribution in [-0.4, -0.2) is 271 Å². The summed E-state index contributed by atoms with van der Waals surface area (Å²) >= 11 is 0. The highest BCUT2D eigenvalue weighted by Gasteiger charge is 2.46. The molecule has 1 aromatic heterocycles. The van der Waals surface area contributed by atoms with Crippen molar-refractivity contribution in [3.05, 3.63) is 114 Å². The van der Waals surface area contributed by atoms with E-state index >= 15 is 0 Å². The van der Waals surface area contributed by atoms with Crippen molar-refractivity contribution in [1.82, 2.24) is 50.5 Å². The zero-order valence-corrected chi connectivity index (χ0v) is 75.3. The predicted molar refractivity (Wildman–Crippen MR) is 450 cm³/mol. The van der Waals surface area contributed by atoms with Crippen LogP contribution >= 0.6 is 0 Å². The molecular formula is C87H130N10O25S. The van der Waals surface area contributed by atoms with Crippen LogP contribution in [0, 0.1) is 45.3 Å². The first kappa shape index (κ1) is 101. The monoisotopic (exact) mass is 1750 g/mol. The number of nitrogens with one attached hydrogen (secondary N) is 3. The van der Waals surface area contributed by atoms with Gasteiger partial charge >= 0.3 is 22.5 Å². The molecule has 35 nitrogen and oxygen atoms in total. The molecule has 684 valence electrons. The number of hydrogen-bond acceptors (Lipinski definition) is 26. The molecule has 0 saturated carbocycles. The maximum Gasteiger partial charge on any atom is 0.501 e. The maximum absolute atomic E-state index is 14.9. The Morgan fingerprint density at radius 1 is 0.715 bits per heavy atom. The number of carboxylic acid groups (broad SMARTS) is 1. The van der Waals surface area contributed by atoms with Crippen LogP contribution in [0.25, 0.3) is 0 Å². The summed E-state index contributed by atoms with van der Waals surface area (Å²) in [6.07, 6.45) is -2.47. The molecule has 7 unspecified atom stereocenters. The fourth-order valence-electron chi connectivity index (χ4n) is 15.1. The van der Waals surface area contributed by atoms with E-state index < -0.39 is 159 Å². The van der Waals surface area contributed by atoms with Crippen LogP contribution in [0.4, 0.5) is 4.79 Å². The number of imide groups is 1. The van der Waals surface area contributed by atoms with Gasteiger partial charge in [-0.2, -0.15) is 0 Å². The van der Waals surface area contributed by atoms with E-state index in [2.05, 4.69) is 26.3 Å². The summed E-state index contributed by atoms with van der Waals surface area (Å²) in [5.41, 5.74) is -0.258. The minimum absolute atomic E-state index is 0.0613. The Kier molecular flexibility index (Phi) is 37.0. The van der Waals surface area contributed by atoms with Crippen LogP contribution in [0.3, 0.4) is 0 Å². The molecule has 4 aromatic rings. The molecule has 3 aromatic carbocycles. The number of rotatable bonds is 49. The second-order valence-electron chi connectivity index (χ2n) is 36.2. The summed E-state index contributed by atoms with van der Waals surface area (Å²) in [6, 6.07) is 13.2. The van der Waals surface area contributed by atoms with Gasteiger partial charge in [0, 0.05) is 107 Å². The van der Waals surface area contributed by atoms with Crippen molar-refractivity contribution in [2.75, 3.05) is 87.6 Å². The maximum atomic E-state index is 14.9. The minimum atomic E-state index is -5.10. The molecule has 0 radical (unpaired) electrons. The third kappa shape index (κ3) is 29.7. The summed E-state index contributed by atoms with van der Waals surface area (Å²) in [5, 5.41) is 58.0. The van der Waals surface area contributed by atoms with Gasteiger partial charge in [0.2, 0.25) is 29.9 Å². The molecule has 36 heteroatoms. The Morgan fingerprint density at radius 2 is 1.34 bits per heavy atom. The molecule has 2 saturated heterocycles. The molecular weight excluding hydrogens is 1620 g/mol. The van der Waals surface area contributed by atoms with Crippen molar-refractivity contribution in [1.29, 1.82) is 0 Å². The highest BCUT2D eigenvalue weighted by molar-refractivity contribution is 7.82. The van der Waals surface area contributed by atoms with Crippen molar-refractivity contribution < 1.29 is 118 Å². The topological polar surface area (TPSA) is 441 Å². The predicted octanol–water partition coefficient (Wildman–Crippen LogP) is 6.66. The highest BCUT2D eigenvalue weighted by Crippen LogP contribution is 2.36. The highest BCUT2D eigenvalue weighted by atomic mass is 32.3. The van der Waals surface area contributed by atoms with Gasteiger partial charge < -0.3 is 92.4 Å². The van der Waals surface area contributed by atoms with Gasteiger partial charge in [-0.05, 0) is 72.1 Å². The largest absolute Gasteiger partial charge is 0.501 e. The SMILES string of the molecule is CCC(C)[C@@H](C(CC(=O)N1CCC[C@H]1C(OC)C(C)C(=O)NC(Cc1ccccc1)C(=O)O)OC)N(C)C(=O)[C@@H](NC(=O)[C@H](C(C)C)N(C)C(=O)OCc1ccc(OS(=O)(=O)Oc2cc(C(=O)NCC(C)(C)COCC(C)(C)Cn3cc(COCC(C)(C)COCC(C)(C)CN4C(=O)C=CC4=O)nn3)ccc2OC2C[C@@H](O)[C@@H](O)C(CO)O2)cc1)C(C)C. The van der Waals surface area contributed by atoms with Gasteiger partial charge in [0.05, 0.1) is 95.2 Å². The molecule has 0 spiro atoms. The zero-order valence-electron chi connectivity index (χ0n) is 74.4. The minimum Gasteiger partial charge on any atom is -0.480 e. The number of amides is 8. The van der Waals surface area contributed by atoms with Crippen molar-refractivity contribution in [2.45, 2.75) is 229 Å². The van der Waals surface area contributed by atoms with Gasteiger partial charge in [0.1, 0.15) is 48.4 Å². The van der Waals surface area contributed by atoms with Crippen LogP contribution in [0.15, 0.2) is 91.1 Å². The smallest absolute Gasteiger partial charge is 0.480 e. The summed E-state index contributed by atoms with van der Waals surface area (Å²) in [7, 11) is 0.781. The Balaban J connectivity index is 0.916. The average molecular weight is 1750 g/mol. The first-order valence-corrected chi connectivity index (χ1v) is 43.0. The number of aromatic nitrogens is 3. The number of likely N-dealkylation sites (N-methyl/N-ethyl adjacent to an activating group) is 2. The molecule has 7 rings (SSSR count). The number of benzene rings is 3. The lowest BCUT2D eigenvalue weighted by Gasteiger charge is -2.41. The number of carbonyl (C=O) groups excluding carboxylic acids is 8. The lowest BCUT2D eigenvalue weighted by Crippen LogP contribution is -2.60. The van der Waals surface area contributed by atoms with Gasteiger partial charge in [-0.25, -0.2) is 9.59 Å².